The molecule has 0 aromatic heterocycles. The fourth-order valence-corrected chi connectivity index (χ4v) is 2.27. The molecule has 20 heavy (non-hydrogen) atoms. The Hall–Kier alpha value is -1.88. The highest BCUT2D eigenvalue weighted by Crippen LogP contribution is 2.14. The second kappa shape index (κ2) is 7.05. The van der Waals surface area contributed by atoms with Crippen LogP contribution in [0.2, 0.25) is 0 Å². The molecule has 1 aromatic carbocycles. The average Bonchev–Trinajstić information content (AvgIpc) is 2.53. The number of rotatable bonds is 4. The molecule has 1 heterocycles. The minimum absolute atomic E-state index is 0.177. The normalized spacial score (nSPS) is 16.6. The van der Waals surface area contributed by atoms with E-state index in [1.165, 1.54) is 7.11 Å². The lowest BCUT2D eigenvalue weighted by atomic mass is 9.97. The summed E-state index contributed by atoms with van der Waals surface area (Å²) in [6, 6.07) is 9.50. The maximum atomic E-state index is 12.5. The van der Waals surface area contributed by atoms with Gasteiger partial charge >= 0.3 is 5.97 Å². The minimum atomic E-state index is -0.777. The molecule has 0 saturated carbocycles. The first-order chi connectivity index (χ1) is 9.72. The van der Waals surface area contributed by atoms with Crippen molar-refractivity contribution in [3.63, 3.8) is 0 Å². The fraction of sp³-hybridized carbons (Fsp3) is 0.467. The third-order valence-corrected chi connectivity index (χ3v) is 3.39. The van der Waals surface area contributed by atoms with Crippen LogP contribution in [-0.4, -0.2) is 50.2 Å². The Morgan fingerprint density at radius 3 is 2.50 bits per heavy atom. The molecule has 0 radical (unpaired) electrons. The predicted molar refractivity (Wildman–Crippen MR) is 73.1 cm³/mol. The molecule has 1 amide bonds. The van der Waals surface area contributed by atoms with Gasteiger partial charge in [0.05, 0.1) is 20.3 Å². The third kappa shape index (κ3) is 3.57. The Kier molecular flexibility index (Phi) is 5.12. The van der Waals surface area contributed by atoms with Crippen LogP contribution in [-0.2, 0) is 25.5 Å². The average molecular weight is 277 g/mol. The number of carbonyl (C=O) groups excluding carboxylic acids is 2. The zero-order valence-electron chi connectivity index (χ0n) is 11.6. The summed E-state index contributed by atoms with van der Waals surface area (Å²) in [5.41, 5.74) is 0.949. The van der Waals surface area contributed by atoms with Gasteiger partial charge in [0, 0.05) is 13.1 Å². The highest BCUT2D eigenvalue weighted by atomic mass is 16.5. The van der Waals surface area contributed by atoms with Crippen molar-refractivity contribution >= 4 is 11.9 Å². The van der Waals surface area contributed by atoms with E-state index in [-0.39, 0.29) is 5.91 Å². The van der Waals surface area contributed by atoms with Crippen molar-refractivity contribution in [3.8, 4) is 0 Å². The van der Waals surface area contributed by atoms with Crippen molar-refractivity contribution in [3.05, 3.63) is 35.9 Å². The lowest BCUT2D eigenvalue weighted by Crippen LogP contribution is -2.46. The van der Waals surface area contributed by atoms with E-state index in [0.29, 0.717) is 32.7 Å². The van der Waals surface area contributed by atoms with Crippen LogP contribution in [0, 0.1) is 5.92 Å². The summed E-state index contributed by atoms with van der Waals surface area (Å²) >= 11 is 0. The summed E-state index contributed by atoms with van der Waals surface area (Å²) < 4.78 is 10.0. The molecule has 1 aliphatic rings. The molecule has 0 bridgehead atoms. The van der Waals surface area contributed by atoms with Crippen molar-refractivity contribution < 1.29 is 19.1 Å². The number of methoxy groups -OCH3 is 1. The highest BCUT2D eigenvalue weighted by molar-refractivity contribution is 5.98. The minimum Gasteiger partial charge on any atom is -0.468 e. The van der Waals surface area contributed by atoms with Crippen molar-refractivity contribution in [1.82, 2.24) is 4.90 Å². The quantitative estimate of drug-likeness (QED) is 0.605. The molecule has 0 N–H and O–H groups in total. The molecule has 1 saturated heterocycles. The Labute approximate surface area is 118 Å². The standard InChI is InChI=1S/C15H19NO4/c1-19-15(18)13(11-12-5-3-2-4-6-12)14(17)16-7-9-20-10-8-16/h2-6,13H,7-11H2,1H3. The van der Waals surface area contributed by atoms with E-state index in [1.54, 1.807) is 4.90 Å². The lowest BCUT2D eigenvalue weighted by molar-refractivity contribution is -0.155. The van der Waals surface area contributed by atoms with E-state index in [2.05, 4.69) is 0 Å². The van der Waals surface area contributed by atoms with E-state index < -0.39 is 11.9 Å². The summed E-state index contributed by atoms with van der Waals surface area (Å²) in [4.78, 5) is 26.0. The van der Waals surface area contributed by atoms with Gasteiger partial charge in [-0.3, -0.25) is 9.59 Å². The lowest BCUT2D eigenvalue weighted by Gasteiger charge is -2.29. The highest BCUT2D eigenvalue weighted by Gasteiger charge is 2.32. The molecule has 1 aliphatic heterocycles. The van der Waals surface area contributed by atoms with Crippen LogP contribution in [0.1, 0.15) is 5.56 Å². The number of benzene rings is 1. The van der Waals surface area contributed by atoms with Crippen LogP contribution in [0.5, 0.6) is 0 Å². The van der Waals surface area contributed by atoms with Gasteiger partial charge in [0.1, 0.15) is 5.92 Å². The van der Waals surface area contributed by atoms with Gasteiger partial charge in [-0.25, -0.2) is 0 Å². The van der Waals surface area contributed by atoms with Gasteiger partial charge in [0.2, 0.25) is 5.91 Å². The Balaban J connectivity index is 2.10. The number of morpholine rings is 1. The molecular formula is C15H19NO4. The number of hydrogen-bond acceptors (Lipinski definition) is 4. The Morgan fingerprint density at radius 2 is 1.90 bits per heavy atom. The topological polar surface area (TPSA) is 55.8 Å². The molecule has 1 fully saturated rings. The van der Waals surface area contributed by atoms with Crippen molar-refractivity contribution in [2.75, 3.05) is 33.4 Å². The summed E-state index contributed by atoms with van der Waals surface area (Å²) in [6.07, 6.45) is 0.365. The molecular weight excluding hydrogens is 258 g/mol. The van der Waals surface area contributed by atoms with Gasteiger partial charge in [-0.1, -0.05) is 30.3 Å². The molecule has 5 heteroatoms. The van der Waals surface area contributed by atoms with Gasteiger partial charge in [0.15, 0.2) is 0 Å². The summed E-state index contributed by atoms with van der Waals surface area (Å²) in [7, 11) is 1.31. The van der Waals surface area contributed by atoms with Crippen LogP contribution in [0.25, 0.3) is 0 Å². The maximum Gasteiger partial charge on any atom is 0.318 e. The van der Waals surface area contributed by atoms with E-state index in [1.807, 2.05) is 30.3 Å². The number of hydrogen-bond donors (Lipinski definition) is 0. The van der Waals surface area contributed by atoms with Gasteiger partial charge < -0.3 is 14.4 Å². The predicted octanol–water partition coefficient (Wildman–Crippen LogP) is 0.877. The van der Waals surface area contributed by atoms with Gasteiger partial charge in [-0.15, -0.1) is 0 Å². The third-order valence-electron chi connectivity index (χ3n) is 3.39. The molecule has 2 rings (SSSR count). The number of carbonyl (C=O) groups is 2. The Morgan fingerprint density at radius 1 is 1.25 bits per heavy atom. The number of esters is 1. The largest absolute Gasteiger partial charge is 0.468 e. The molecule has 1 aromatic rings. The van der Waals surface area contributed by atoms with E-state index in [9.17, 15) is 9.59 Å². The molecule has 0 aliphatic carbocycles. The maximum absolute atomic E-state index is 12.5. The number of nitrogens with zero attached hydrogens (tertiary/aromatic N) is 1. The zero-order valence-corrected chi connectivity index (χ0v) is 11.6. The van der Waals surface area contributed by atoms with Crippen LogP contribution in [0.3, 0.4) is 0 Å². The van der Waals surface area contributed by atoms with Crippen LogP contribution < -0.4 is 0 Å². The molecule has 5 nitrogen and oxygen atoms in total. The van der Waals surface area contributed by atoms with E-state index in [4.69, 9.17) is 9.47 Å². The number of ether oxygens (including phenoxy) is 2. The van der Waals surface area contributed by atoms with Gasteiger partial charge in [-0.2, -0.15) is 0 Å². The summed E-state index contributed by atoms with van der Waals surface area (Å²) in [6.45, 7) is 2.10. The van der Waals surface area contributed by atoms with Gasteiger partial charge in [-0.05, 0) is 12.0 Å². The molecule has 108 valence electrons. The Bertz CT molecular complexity index is 454. The van der Waals surface area contributed by atoms with Crippen LogP contribution >= 0.6 is 0 Å². The van der Waals surface area contributed by atoms with E-state index in [0.717, 1.165) is 5.56 Å². The van der Waals surface area contributed by atoms with Crippen molar-refractivity contribution in [2.45, 2.75) is 6.42 Å². The summed E-state index contributed by atoms with van der Waals surface area (Å²) in [5.74, 6) is -1.44. The second-order valence-electron chi connectivity index (χ2n) is 4.70. The SMILES string of the molecule is COC(=O)C(Cc1ccccc1)C(=O)N1CCOCC1. The van der Waals surface area contributed by atoms with Crippen molar-refractivity contribution in [2.24, 2.45) is 5.92 Å². The molecule has 0 spiro atoms. The number of amides is 1. The van der Waals surface area contributed by atoms with Crippen LogP contribution in [0.4, 0.5) is 0 Å². The van der Waals surface area contributed by atoms with Crippen molar-refractivity contribution in [1.29, 1.82) is 0 Å². The summed E-state index contributed by atoms with van der Waals surface area (Å²) in [5, 5.41) is 0. The fourth-order valence-electron chi connectivity index (χ4n) is 2.27. The molecule has 1 unspecified atom stereocenters. The first-order valence-corrected chi connectivity index (χ1v) is 6.70. The van der Waals surface area contributed by atoms with Crippen LogP contribution in [0.15, 0.2) is 30.3 Å². The molecule has 1 atom stereocenters. The van der Waals surface area contributed by atoms with Gasteiger partial charge in [0.25, 0.3) is 0 Å². The smallest absolute Gasteiger partial charge is 0.318 e. The zero-order chi connectivity index (χ0) is 14.4. The second-order valence-corrected chi connectivity index (χ2v) is 4.70. The van der Waals surface area contributed by atoms with E-state index >= 15 is 0 Å². The first kappa shape index (κ1) is 14.5. The monoisotopic (exact) mass is 277 g/mol. The first-order valence-electron chi connectivity index (χ1n) is 6.70.